The maximum absolute atomic E-state index is 12.3. The quantitative estimate of drug-likeness (QED) is 0.495. The van der Waals surface area contributed by atoms with Crippen molar-refractivity contribution in [3.63, 3.8) is 0 Å². The monoisotopic (exact) mass is 376 g/mol. The van der Waals surface area contributed by atoms with Gasteiger partial charge in [-0.3, -0.25) is 4.79 Å². The lowest BCUT2D eigenvalue weighted by atomic mass is 10.1. The lowest BCUT2D eigenvalue weighted by molar-refractivity contribution is -0.121. The van der Waals surface area contributed by atoms with Crippen LogP contribution in [0, 0.1) is 0 Å². The Balaban J connectivity index is 1.37. The highest BCUT2D eigenvalue weighted by molar-refractivity contribution is 5.85. The molecule has 0 aliphatic carbocycles. The summed E-state index contributed by atoms with van der Waals surface area (Å²) in [6.07, 6.45) is 3.28. The van der Waals surface area contributed by atoms with Gasteiger partial charge in [-0.1, -0.05) is 30.3 Å². The Kier molecular flexibility index (Phi) is 5.39. The summed E-state index contributed by atoms with van der Waals surface area (Å²) in [5.41, 5.74) is 4.26. The Labute approximate surface area is 163 Å². The zero-order chi connectivity index (χ0) is 19.3. The van der Waals surface area contributed by atoms with Gasteiger partial charge in [0.15, 0.2) is 0 Å². The van der Waals surface area contributed by atoms with Gasteiger partial charge in [0.1, 0.15) is 5.82 Å². The zero-order valence-electron chi connectivity index (χ0n) is 15.9. The first kappa shape index (κ1) is 18.3. The molecule has 0 saturated carbocycles. The standard InChI is InChI=1S/C22H24N4O2/c1-28-13-12-26-15-16(17-6-2-5-9-20(17)26)10-11-22(27)23-14-21-24-18-7-3-4-8-19(18)25-21/h2-9,15H,10-14H2,1H3,(H,23,27)(H,24,25). The number of hydrogen-bond donors (Lipinski definition) is 2. The minimum atomic E-state index is 0.0224. The summed E-state index contributed by atoms with van der Waals surface area (Å²) in [7, 11) is 1.71. The fourth-order valence-electron chi connectivity index (χ4n) is 3.50. The normalized spacial score (nSPS) is 11.3. The van der Waals surface area contributed by atoms with Gasteiger partial charge in [0, 0.05) is 37.2 Å². The molecule has 144 valence electrons. The number of methoxy groups -OCH3 is 1. The first-order valence-corrected chi connectivity index (χ1v) is 9.50. The predicted octanol–water partition coefficient (Wildman–Crippen LogP) is 3.41. The number of benzene rings is 2. The third kappa shape index (κ3) is 3.92. The van der Waals surface area contributed by atoms with Gasteiger partial charge in [-0.2, -0.15) is 0 Å². The van der Waals surface area contributed by atoms with Gasteiger partial charge >= 0.3 is 0 Å². The average Bonchev–Trinajstić information content (AvgIpc) is 3.30. The van der Waals surface area contributed by atoms with E-state index in [2.05, 4.69) is 38.2 Å². The maximum Gasteiger partial charge on any atom is 0.220 e. The van der Waals surface area contributed by atoms with Crippen molar-refractivity contribution in [2.75, 3.05) is 13.7 Å². The maximum atomic E-state index is 12.3. The summed E-state index contributed by atoms with van der Waals surface area (Å²) < 4.78 is 7.40. The molecule has 0 spiro atoms. The third-order valence-corrected chi connectivity index (χ3v) is 4.92. The second-order valence-corrected chi connectivity index (χ2v) is 6.84. The molecule has 6 heteroatoms. The first-order valence-electron chi connectivity index (χ1n) is 9.50. The highest BCUT2D eigenvalue weighted by Crippen LogP contribution is 2.22. The molecule has 0 aliphatic rings. The molecular formula is C22H24N4O2. The molecule has 0 saturated heterocycles. The van der Waals surface area contributed by atoms with E-state index in [1.54, 1.807) is 7.11 Å². The molecule has 2 aromatic heterocycles. The van der Waals surface area contributed by atoms with E-state index in [0.717, 1.165) is 23.4 Å². The molecular weight excluding hydrogens is 352 g/mol. The van der Waals surface area contributed by atoms with Crippen molar-refractivity contribution in [3.8, 4) is 0 Å². The molecule has 2 N–H and O–H groups in total. The lowest BCUT2D eigenvalue weighted by Crippen LogP contribution is -2.23. The van der Waals surface area contributed by atoms with E-state index in [9.17, 15) is 4.79 Å². The number of amides is 1. The predicted molar refractivity (Wildman–Crippen MR) is 110 cm³/mol. The van der Waals surface area contributed by atoms with Crippen LogP contribution in [0.3, 0.4) is 0 Å². The van der Waals surface area contributed by atoms with E-state index < -0.39 is 0 Å². The molecule has 0 radical (unpaired) electrons. The molecule has 0 aliphatic heterocycles. The van der Waals surface area contributed by atoms with Crippen LogP contribution in [0.25, 0.3) is 21.9 Å². The Hall–Kier alpha value is -3.12. The molecule has 28 heavy (non-hydrogen) atoms. The summed E-state index contributed by atoms with van der Waals surface area (Å²) in [4.78, 5) is 20.1. The smallest absolute Gasteiger partial charge is 0.220 e. The van der Waals surface area contributed by atoms with Crippen LogP contribution >= 0.6 is 0 Å². The van der Waals surface area contributed by atoms with Crippen molar-refractivity contribution in [2.45, 2.75) is 25.9 Å². The van der Waals surface area contributed by atoms with E-state index in [-0.39, 0.29) is 5.91 Å². The zero-order valence-corrected chi connectivity index (χ0v) is 15.9. The fourth-order valence-corrected chi connectivity index (χ4v) is 3.50. The van der Waals surface area contributed by atoms with Crippen LogP contribution in [0.2, 0.25) is 0 Å². The van der Waals surface area contributed by atoms with E-state index in [4.69, 9.17) is 4.74 Å². The van der Waals surface area contributed by atoms with Gasteiger partial charge in [-0.25, -0.2) is 4.98 Å². The van der Waals surface area contributed by atoms with Crippen molar-refractivity contribution in [1.29, 1.82) is 0 Å². The first-order chi connectivity index (χ1) is 13.7. The van der Waals surface area contributed by atoms with E-state index >= 15 is 0 Å². The van der Waals surface area contributed by atoms with Crippen LogP contribution in [-0.2, 0) is 29.0 Å². The van der Waals surface area contributed by atoms with Gasteiger partial charge in [0.05, 0.1) is 24.2 Å². The van der Waals surface area contributed by atoms with Crippen molar-refractivity contribution in [2.24, 2.45) is 0 Å². The average molecular weight is 376 g/mol. The molecule has 0 unspecified atom stereocenters. The van der Waals surface area contributed by atoms with Gasteiger partial charge in [0.2, 0.25) is 5.91 Å². The van der Waals surface area contributed by atoms with Crippen molar-refractivity contribution >= 4 is 27.8 Å². The molecule has 4 aromatic rings. The number of imidazole rings is 1. The molecule has 6 nitrogen and oxygen atoms in total. The molecule has 0 bridgehead atoms. The molecule has 1 amide bonds. The number of nitrogens with zero attached hydrogens (tertiary/aromatic N) is 2. The van der Waals surface area contributed by atoms with Gasteiger partial charge < -0.3 is 19.6 Å². The Morgan fingerprint density at radius 2 is 2.00 bits per heavy atom. The van der Waals surface area contributed by atoms with Crippen molar-refractivity contribution in [3.05, 3.63) is 66.1 Å². The SMILES string of the molecule is COCCn1cc(CCC(=O)NCc2nc3ccccc3[nH]2)c2ccccc21. The summed E-state index contributed by atoms with van der Waals surface area (Å²) in [5.74, 6) is 0.792. The van der Waals surface area contributed by atoms with Crippen molar-refractivity contribution in [1.82, 2.24) is 19.9 Å². The number of carbonyl (C=O) groups excluding carboxylic acids is 1. The minimum absolute atomic E-state index is 0.0224. The number of aryl methyl sites for hydroxylation is 1. The van der Waals surface area contributed by atoms with Crippen LogP contribution < -0.4 is 5.32 Å². The number of hydrogen-bond acceptors (Lipinski definition) is 3. The van der Waals surface area contributed by atoms with Crippen LogP contribution in [0.1, 0.15) is 17.8 Å². The molecule has 2 aromatic carbocycles. The van der Waals surface area contributed by atoms with Gasteiger partial charge in [0.25, 0.3) is 0 Å². The van der Waals surface area contributed by atoms with E-state index in [0.29, 0.717) is 26.0 Å². The largest absolute Gasteiger partial charge is 0.383 e. The Bertz CT molecular complexity index is 1060. The molecule has 0 atom stereocenters. The van der Waals surface area contributed by atoms with Crippen molar-refractivity contribution < 1.29 is 9.53 Å². The Morgan fingerprint density at radius 3 is 2.86 bits per heavy atom. The highest BCUT2D eigenvalue weighted by Gasteiger charge is 2.11. The second kappa shape index (κ2) is 8.27. The van der Waals surface area contributed by atoms with Crippen LogP contribution in [0.15, 0.2) is 54.7 Å². The molecule has 4 rings (SSSR count). The number of aromatic nitrogens is 3. The summed E-state index contributed by atoms with van der Waals surface area (Å²) in [5, 5.41) is 4.16. The van der Waals surface area contributed by atoms with Crippen LogP contribution in [0.5, 0.6) is 0 Å². The van der Waals surface area contributed by atoms with E-state index in [1.165, 1.54) is 16.5 Å². The number of fused-ring (bicyclic) bond motifs is 2. The number of para-hydroxylation sites is 3. The number of H-pyrrole nitrogens is 1. The summed E-state index contributed by atoms with van der Waals surface area (Å²) >= 11 is 0. The highest BCUT2D eigenvalue weighted by atomic mass is 16.5. The summed E-state index contributed by atoms with van der Waals surface area (Å²) in [6.45, 7) is 1.87. The number of ether oxygens (including phenoxy) is 1. The van der Waals surface area contributed by atoms with Gasteiger partial charge in [-0.05, 0) is 30.2 Å². The van der Waals surface area contributed by atoms with E-state index in [1.807, 2.05) is 36.4 Å². The minimum Gasteiger partial charge on any atom is -0.383 e. The molecule has 2 heterocycles. The topological polar surface area (TPSA) is 71.9 Å². The third-order valence-electron chi connectivity index (χ3n) is 4.92. The van der Waals surface area contributed by atoms with Crippen LogP contribution in [-0.4, -0.2) is 34.2 Å². The number of nitrogens with one attached hydrogen (secondary N) is 2. The number of rotatable bonds is 8. The van der Waals surface area contributed by atoms with Crippen LogP contribution in [0.4, 0.5) is 0 Å². The molecule has 0 fully saturated rings. The van der Waals surface area contributed by atoms with Gasteiger partial charge in [-0.15, -0.1) is 0 Å². The second-order valence-electron chi connectivity index (χ2n) is 6.84. The lowest BCUT2D eigenvalue weighted by Gasteiger charge is -2.03. The fraction of sp³-hybridized carbons (Fsp3) is 0.273. The number of aromatic amines is 1. The summed E-state index contributed by atoms with van der Waals surface area (Å²) in [6, 6.07) is 16.1. The Morgan fingerprint density at radius 1 is 1.18 bits per heavy atom. The number of carbonyl (C=O) groups is 1.